The first-order valence-electron chi connectivity index (χ1n) is 11.0. The first-order chi connectivity index (χ1) is 15.7. The molecule has 0 N–H and O–H groups in total. The lowest BCUT2D eigenvalue weighted by Crippen LogP contribution is -2.46. The summed E-state index contributed by atoms with van der Waals surface area (Å²) in [7, 11) is 0. The summed E-state index contributed by atoms with van der Waals surface area (Å²) in [6, 6.07) is 21.8. The van der Waals surface area contributed by atoms with Gasteiger partial charge in [0.15, 0.2) is 0 Å². The van der Waals surface area contributed by atoms with Crippen molar-refractivity contribution in [2.24, 2.45) is 5.92 Å². The lowest BCUT2D eigenvalue weighted by atomic mass is 9.90. The number of aromatic nitrogens is 1. The van der Waals surface area contributed by atoms with Gasteiger partial charge < -0.3 is 4.90 Å². The van der Waals surface area contributed by atoms with Crippen LogP contribution in [-0.4, -0.2) is 41.3 Å². The fraction of sp³-hybridized carbons (Fsp3) is 0.269. The number of nitrogens with zero attached hydrogens (tertiary/aromatic N) is 3. The van der Waals surface area contributed by atoms with Crippen LogP contribution >= 0.6 is 11.8 Å². The van der Waals surface area contributed by atoms with Crippen LogP contribution in [0.25, 0.3) is 0 Å². The Morgan fingerprint density at radius 2 is 1.72 bits per heavy atom. The maximum absolute atomic E-state index is 13.4. The van der Waals surface area contributed by atoms with E-state index >= 15 is 0 Å². The molecule has 0 saturated carbocycles. The number of fused-ring (bicyclic) bond motifs is 2. The molecule has 162 valence electrons. The summed E-state index contributed by atoms with van der Waals surface area (Å²) in [4.78, 5) is 35.5. The van der Waals surface area contributed by atoms with Crippen molar-refractivity contribution in [2.45, 2.75) is 29.2 Å². The van der Waals surface area contributed by atoms with Gasteiger partial charge in [-0.2, -0.15) is 0 Å². The number of pyridine rings is 1. The minimum absolute atomic E-state index is 0.00338. The van der Waals surface area contributed by atoms with Gasteiger partial charge in [0.05, 0.1) is 11.3 Å². The SMILES string of the molecule is O=C(CN1C(=O)c2cccnc2Sc2ccccc21)N1CCC(Cc2ccccc2)CC1. The van der Waals surface area contributed by atoms with Crippen molar-refractivity contribution in [1.82, 2.24) is 9.88 Å². The molecule has 2 aromatic carbocycles. The number of likely N-dealkylation sites (tertiary alicyclic amines) is 1. The number of anilines is 1. The van der Waals surface area contributed by atoms with Gasteiger partial charge in [-0.15, -0.1) is 0 Å². The highest BCUT2D eigenvalue weighted by atomic mass is 32.2. The van der Waals surface area contributed by atoms with Gasteiger partial charge in [0.2, 0.25) is 5.91 Å². The summed E-state index contributed by atoms with van der Waals surface area (Å²) in [6.45, 7) is 1.54. The molecular formula is C26H25N3O2S. The third-order valence-electron chi connectivity index (χ3n) is 6.24. The minimum atomic E-state index is -0.169. The molecular weight excluding hydrogens is 418 g/mol. The first kappa shape index (κ1) is 20.8. The summed E-state index contributed by atoms with van der Waals surface area (Å²) < 4.78 is 0. The third kappa shape index (κ3) is 4.28. The summed E-state index contributed by atoms with van der Waals surface area (Å²) in [5.41, 5.74) is 2.67. The zero-order valence-corrected chi connectivity index (χ0v) is 18.6. The Hall–Kier alpha value is -3.12. The molecule has 2 amide bonds. The van der Waals surface area contributed by atoms with E-state index in [9.17, 15) is 9.59 Å². The van der Waals surface area contributed by atoms with Crippen LogP contribution < -0.4 is 4.90 Å². The van der Waals surface area contributed by atoms with Crippen LogP contribution in [0.2, 0.25) is 0 Å². The van der Waals surface area contributed by atoms with E-state index in [1.54, 1.807) is 23.2 Å². The van der Waals surface area contributed by atoms with E-state index in [-0.39, 0.29) is 18.4 Å². The number of carbonyl (C=O) groups excluding carboxylic acids is 2. The van der Waals surface area contributed by atoms with E-state index in [1.165, 1.54) is 17.3 Å². The molecule has 0 unspecified atom stereocenters. The highest BCUT2D eigenvalue weighted by molar-refractivity contribution is 7.99. The second kappa shape index (κ2) is 9.17. The molecule has 0 bridgehead atoms. The van der Waals surface area contributed by atoms with Crippen molar-refractivity contribution in [3.8, 4) is 0 Å². The largest absolute Gasteiger partial charge is 0.341 e. The number of carbonyl (C=O) groups is 2. The Balaban J connectivity index is 1.29. The quantitative estimate of drug-likeness (QED) is 0.588. The first-order valence-corrected chi connectivity index (χ1v) is 11.9. The highest BCUT2D eigenvalue weighted by Gasteiger charge is 2.31. The molecule has 1 aromatic heterocycles. The molecule has 1 saturated heterocycles. The van der Waals surface area contributed by atoms with Gasteiger partial charge in [-0.3, -0.25) is 14.5 Å². The number of rotatable bonds is 4. The summed E-state index contributed by atoms with van der Waals surface area (Å²) >= 11 is 1.48. The number of benzene rings is 2. The van der Waals surface area contributed by atoms with E-state index in [0.29, 0.717) is 16.5 Å². The van der Waals surface area contributed by atoms with Gasteiger partial charge in [0.25, 0.3) is 5.91 Å². The summed E-state index contributed by atoms with van der Waals surface area (Å²) in [5.74, 6) is 0.429. The second-order valence-electron chi connectivity index (χ2n) is 8.33. The van der Waals surface area contributed by atoms with Crippen molar-refractivity contribution >= 4 is 29.3 Å². The van der Waals surface area contributed by atoms with Gasteiger partial charge in [-0.05, 0) is 55.0 Å². The van der Waals surface area contributed by atoms with E-state index in [2.05, 4.69) is 29.2 Å². The van der Waals surface area contributed by atoms with Gasteiger partial charge in [0.1, 0.15) is 11.6 Å². The number of amides is 2. The molecule has 1 fully saturated rings. The molecule has 3 heterocycles. The van der Waals surface area contributed by atoms with Crippen LogP contribution in [0, 0.1) is 5.92 Å². The Morgan fingerprint density at radius 3 is 2.53 bits per heavy atom. The average molecular weight is 444 g/mol. The molecule has 5 rings (SSSR count). The smallest absolute Gasteiger partial charge is 0.261 e. The maximum atomic E-state index is 13.4. The lowest BCUT2D eigenvalue weighted by Gasteiger charge is -2.33. The predicted octanol–water partition coefficient (Wildman–Crippen LogP) is 4.67. The zero-order valence-electron chi connectivity index (χ0n) is 17.8. The topological polar surface area (TPSA) is 53.5 Å². The molecule has 0 atom stereocenters. The monoisotopic (exact) mass is 443 g/mol. The van der Waals surface area contributed by atoms with E-state index < -0.39 is 0 Å². The lowest BCUT2D eigenvalue weighted by molar-refractivity contribution is -0.131. The standard InChI is InChI=1S/C26H25N3O2S/c30-24(28-15-12-20(13-16-28)17-19-7-2-1-3-8-19)18-29-22-10-4-5-11-23(22)32-25-21(26(29)31)9-6-14-27-25/h1-11,14,20H,12-13,15-18H2. The Morgan fingerprint density at radius 1 is 0.969 bits per heavy atom. The minimum Gasteiger partial charge on any atom is -0.341 e. The third-order valence-corrected chi connectivity index (χ3v) is 7.32. The van der Waals surface area contributed by atoms with Gasteiger partial charge >= 0.3 is 0 Å². The average Bonchev–Trinajstić information content (AvgIpc) is 2.95. The maximum Gasteiger partial charge on any atom is 0.261 e. The molecule has 0 spiro atoms. The number of hydrogen-bond donors (Lipinski definition) is 0. The van der Waals surface area contributed by atoms with Gasteiger partial charge in [-0.1, -0.05) is 54.2 Å². The number of hydrogen-bond acceptors (Lipinski definition) is 4. The fourth-order valence-corrected chi connectivity index (χ4v) is 5.50. The van der Waals surface area contributed by atoms with Crippen LogP contribution in [0.3, 0.4) is 0 Å². The Labute approximate surface area is 192 Å². The number of piperidine rings is 1. The van der Waals surface area contributed by atoms with Crippen molar-refractivity contribution in [3.63, 3.8) is 0 Å². The predicted molar refractivity (Wildman–Crippen MR) is 126 cm³/mol. The van der Waals surface area contributed by atoms with Crippen molar-refractivity contribution in [2.75, 3.05) is 24.5 Å². The van der Waals surface area contributed by atoms with Crippen LogP contribution in [0.5, 0.6) is 0 Å². The zero-order chi connectivity index (χ0) is 21.9. The van der Waals surface area contributed by atoms with Gasteiger partial charge in [-0.25, -0.2) is 4.98 Å². The van der Waals surface area contributed by atoms with E-state index in [4.69, 9.17) is 0 Å². The second-order valence-corrected chi connectivity index (χ2v) is 9.36. The highest BCUT2D eigenvalue weighted by Crippen LogP contribution is 2.40. The van der Waals surface area contributed by atoms with Crippen molar-refractivity contribution < 1.29 is 9.59 Å². The Bertz CT molecular complexity index is 1130. The van der Waals surface area contributed by atoms with Crippen molar-refractivity contribution in [1.29, 1.82) is 0 Å². The van der Waals surface area contributed by atoms with E-state index in [1.807, 2.05) is 35.2 Å². The summed E-state index contributed by atoms with van der Waals surface area (Å²) in [6.07, 6.45) is 4.74. The Kier molecular flexibility index (Phi) is 5.95. The van der Waals surface area contributed by atoms with Crippen LogP contribution in [-0.2, 0) is 11.2 Å². The molecule has 0 aliphatic carbocycles. The van der Waals surface area contributed by atoms with E-state index in [0.717, 1.165) is 42.9 Å². The molecule has 2 aliphatic rings. The van der Waals surface area contributed by atoms with Crippen molar-refractivity contribution in [3.05, 3.63) is 84.1 Å². The molecule has 3 aromatic rings. The molecule has 32 heavy (non-hydrogen) atoms. The van der Waals surface area contributed by atoms with Crippen LogP contribution in [0.1, 0.15) is 28.8 Å². The summed E-state index contributed by atoms with van der Waals surface area (Å²) in [5, 5.41) is 0.682. The van der Waals surface area contributed by atoms with Gasteiger partial charge in [0, 0.05) is 24.2 Å². The molecule has 5 nitrogen and oxygen atoms in total. The van der Waals surface area contributed by atoms with Crippen LogP contribution in [0.4, 0.5) is 5.69 Å². The number of para-hydroxylation sites is 1. The normalized spacial score (nSPS) is 16.3. The van der Waals surface area contributed by atoms with Crippen LogP contribution in [0.15, 0.2) is 82.8 Å². The molecule has 2 aliphatic heterocycles. The fourth-order valence-electron chi connectivity index (χ4n) is 4.49. The molecule has 6 heteroatoms. The molecule has 0 radical (unpaired) electrons.